The maximum atomic E-state index is 9.81. The van der Waals surface area contributed by atoms with Crippen molar-refractivity contribution in [3.8, 4) is 6.07 Å². The Balaban J connectivity index is 0.00000145. The van der Waals surface area contributed by atoms with Crippen molar-refractivity contribution in [2.45, 2.75) is 64.3 Å². The van der Waals surface area contributed by atoms with Crippen molar-refractivity contribution < 1.29 is 0 Å². The zero-order chi connectivity index (χ0) is 21.3. The molecule has 0 N–H and O–H groups in total. The average Bonchev–Trinajstić information content (AvgIpc) is 2.74. The van der Waals surface area contributed by atoms with Gasteiger partial charge in [-0.3, -0.25) is 4.90 Å². The van der Waals surface area contributed by atoms with Crippen molar-refractivity contribution in [1.82, 2.24) is 4.90 Å². The van der Waals surface area contributed by atoms with Gasteiger partial charge in [0.15, 0.2) is 0 Å². The lowest BCUT2D eigenvalue weighted by molar-refractivity contribution is 0.0924. The lowest BCUT2D eigenvalue weighted by Crippen LogP contribution is -2.50. The van der Waals surface area contributed by atoms with Crippen LogP contribution in [0, 0.1) is 17.2 Å². The standard InChI is InChI=1S/C24H32N2S.C2H4/c1-24(2)15-23(27)22(18-26(24)17-20-11-7-4-8-12-20)21(16-25)14-13-19-9-5-3-6-10-19;1-2/h3,5-6,9-10,14,20,27H,4,7-8,11-13,15,17-18H2,1-2H3;1-2H2/b21-14+;. The molecule has 0 amide bonds. The Morgan fingerprint density at radius 3 is 2.48 bits per heavy atom. The van der Waals surface area contributed by atoms with Gasteiger partial charge in [0.2, 0.25) is 0 Å². The first kappa shape index (κ1) is 23.5. The van der Waals surface area contributed by atoms with E-state index in [1.54, 1.807) is 0 Å². The summed E-state index contributed by atoms with van der Waals surface area (Å²) in [6.07, 6.45) is 10.6. The van der Waals surface area contributed by atoms with Crippen LogP contribution < -0.4 is 0 Å². The van der Waals surface area contributed by atoms with E-state index >= 15 is 0 Å². The highest BCUT2D eigenvalue weighted by molar-refractivity contribution is 7.84. The van der Waals surface area contributed by atoms with Crippen molar-refractivity contribution in [2.24, 2.45) is 5.92 Å². The number of nitrogens with zero attached hydrogens (tertiary/aromatic N) is 2. The molecule has 0 bridgehead atoms. The van der Waals surface area contributed by atoms with Crippen molar-refractivity contribution in [2.75, 3.05) is 13.1 Å². The number of hydrogen-bond donors (Lipinski definition) is 1. The summed E-state index contributed by atoms with van der Waals surface area (Å²) in [6.45, 7) is 12.6. The Labute approximate surface area is 183 Å². The molecule has 29 heavy (non-hydrogen) atoms. The van der Waals surface area contributed by atoms with Crippen molar-refractivity contribution in [3.05, 3.63) is 71.2 Å². The van der Waals surface area contributed by atoms with Crippen molar-refractivity contribution >= 4 is 12.6 Å². The molecule has 1 saturated carbocycles. The fourth-order valence-corrected chi connectivity index (χ4v) is 5.01. The van der Waals surface area contributed by atoms with E-state index in [2.05, 4.69) is 56.2 Å². The number of allylic oxidation sites excluding steroid dienone is 1. The molecular weight excluding hydrogens is 372 g/mol. The number of rotatable bonds is 5. The minimum Gasteiger partial charge on any atom is -0.293 e. The van der Waals surface area contributed by atoms with Gasteiger partial charge in [-0.2, -0.15) is 5.26 Å². The molecule has 0 aromatic heterocycles. The summed E-state index contributed by atoms with van der Waals surface area (Å²) < 4.78 is 0. The fourth-order valence-electron chi connectivity index (χ4n) is 4.43. The van der Waals surface area contributed by atoms with Crippen LogP contribution >= 0.6 is 12.6 Å². The van der Waals surface area contributed by atoms with Crippen LogP contribution in [0.25, 0.3) is 0 Å². The predicted octanol–water partition coefficient (Wildman–Crippen LogP) is 6.73. The Morgan fingerprint density at radius 1 is 1.21 bits per heavy atom. The quantitative estimate of drug-likeness (QED) is 0.332. The highest BCUT2D eigenvalue weighted by Crippen LogP contribution is 2.37. The van der Waals surface area contributed by atoms with Gasteiger partial charge in [0.1, 0.15) is 0 Å². The van der Waals surface area contributed by atoms with Gasteiger partial charge in [0.05, 0.1) is 11.6 Å². The van der Waals surface area contributed by atoms with Crippen LogP contribution in [0.3, 0.4) is 0 Å². The van der Waals surface area contributed by atoms with E-state index in [1.807, 2.05) is 18.2 Å². The molecule has 3 heteroatoms. The Hall–Kier alpha value is -1.76. The van der Waals surface area contributed by atoms with Crippen LogP contribution in [0.2, 0.25) is 0 Å². The van der Waals surface area contributed by atoms with Crippen LogP contribution in [0.1, 0.15) is 57.9 Å². The van der Waals surface area contributed by atoms with E-state index in [4.69, 9.17) is 12.6 Å². The zero-order valence-corrected chi connectivity index (χ0v) is 19.1. The van der Waals surface area contributed by atoms with Gasteiger partial charge in [-0.15, -0.1) is 25.8 Å². The van der Waals surface area contributed by atoms with Gasteiger partial charge in [-0.25, -0.2) is 0 Å². The molecule has 1 aliphatic heterocycles. The van der Waals surface area contributed by atoms with E-state index in [-0.39, 0.29) is 5.54 Å². The normalized spacial score (nSPS) is 20.6. The summed E-state index contributed by atoms with van der Waals surface area (Å²) in [4.78, 5) is 3.69. The van der Waals surface area contributed by atoms with E-state index in [0.717, 1.165) is 47.9 Å². The maximum Gasteiger partial charge on any atom is 0.0992 e. The summed E-state index contributed by atoms with van der Waals surface area (Å²) in [7, 11) is 0. The topological polar surface area (TPSA) is 27.0 Å². The second-order valence-corrected chi connectivity index (χ2v) is 9.26. The fraction of sp³-hybridized carbons (Fsp3) is 0.500. The van der Waals surface area contributed by atoms with Gasteiger partial charge in [-0.1, -0.05) is 55.7 Å². The first-order valence-corrected chi connectivity index (χ1v) is 11.2. The molecule has 0 unspecified atom stereocenters. The third kappa shape index (κ3) is 6.63. The van der Waals surface area contributed by atoms with Gasteiger partial charge in [0, 0.05) is 18.6 Å². The molecule has 0 radical (unpaired) electrons. The molecule has 0 saturated heterocycles. The summed E-state index contributed by atoms with van der Waals surface area (Å²) >= 11 is 4.81. The molecule has 3 rings (SSSR count). The van der Waals surface area contributed by atoms with E-state index in [1.165, 1.54) is 37.7 Å². The average molecular weight is 409 g/mol. The lowest BCUT2D eigenvalue weighted by Gasteiger charge is -2.45. The Morgan fingerprint density at radius 2 is 1.86 bits per heavy atom. The minimum atomic E-state index is 0.109. The molecular formula is C26H36N2S. The largest absolute Gasteiger partial charge is 0.293 e. The highest BCUT2D eigenvalue weighted by Gasteiger charge is 2.35. The molecule has 0 atom stereocenters. The maximum absolute atomic E-state index is 9.81. The van der Waals surface area contributed by atoms with E-state index in [0.29, 0.717) is 0 Å². The summed E-state index contributed by atoms with van der Waals surface area (Å²) in [5.74, 6) is 0.805. The number of thiol groups is 1. The molecule has 1 fully saturated rings. The predicted molar refractivity (Wildman–Crippen MR) is 128 cm³/mol. The second-order valence-electron chi connectivity index (χ2n) is 8.72. The summed E-state index contributed by atoms with van der Waals surface area (Å²) in [6, 6.07) is 12.8. The molecule has 0 spiro atoms. The number of benzene rings is 1. The zero-order valence-electron chi connectivity index (χ0n) is 18.2. The SMILES string of the molecule is C=C.CC1(C)CC(S)=C(/C(C#N)=C/Cc2ccccc2)CN1CC1CCCCC1. The molecule has 2 aliphatic rings. The second kappa shape index (κ2) is 11.4. The van der Waals surface area contributed by atoms with E-state index < -0.39 is 0 Å². The van der Waals surface area contributed by atoms with Crippen LogP contribution in [-0.4, -0.2) is 23.5 Å². The molecule has 2 nitrogen and oxygen atoms in total. The Kier molecular flexibility index (Phi) is 9.27. The van der Waals surface area contributed by atoms with Gasteiger partial charge in [0.25, 0.3) is 0 Å². The minimum absolute atomic E-state index is 0.109. The molecule has 1 aromatic carbocycles. The van der Waals surface area contributed by atoms with Crippen LogP contribution in [0.5, 0.6) is 0 Å². The lowest BCUT2D eigenvalue weighted by atomic mass is 9.84. The van der Waals surface area contributed by atoms with Gasteiger partial charge >= 0.3 is 0 Å². The van der Waals surface area contributed by atoms with Gasteiger partial charge < -0.3 is 0 Å². The first-order chi connectivity index (χ1) is 14.0. The smallest absolute Gasteiger partial charge is 0.0992 e. The molecule has 1 aliphatic carbocycles. The third-order valence-corrected chi connectivity index (χ3v) is 6.62. The van der Waals surface area contributed by atoms with E-state index in [9.17, 15) is 5.26 Å². The third-order valence-electron chi connectivity index (χ3n) is 6.19. The van der Waals surface area contributed by atoms with Crippen molar-refractivity contribution in [3.63, 3.8) is 0 Å². The Bertz CT molecular complexity index is 749. The molecule has 156 valence electrons. The number of nitriles is 1. The van der Waals surface area contributed by atoms with Crippen LogP contribution in [-0.2, 0) is 6.42 Å². The van der Waals surface area contributed by atoms with Gasteiger partial charge in [-0.05, 0) is 61.5 Å². The first-order valence-electron chi connectivity index (χ1n) is 10.8. The van der Waals surface area contributed by atoms with Crippen molar-refractivity contribution in [1.29, 1.82) is 5.26 Å². The highest BCUT2D eigenvalue weighted by atomic mass is 32.1. The summed E-state index contributed by atoms with van der Waals surface area (Å²) in [5.41, 5.74) is 3.28. The van der Waals surface area contributed by atoms with Crippen LogP contribution in [0.4, 0.5) is 0 Å². The van der Waals surface area contributed by atoms with Crippen LogP contribution in [0.15, 0.2) is 65.6 Å². The summed E-state index contributed by atoms with van der Waals surface area (Å²) in [5, 5.41) is 9.81. The molecule has 1 aromatic rings. The number of hydrogen-bond acceptors (Lipinski definition) is 3. The molecule has 1 heterocycles. The monoisotopic (exact) mass is 408 g/mol.